The third kappa shape index (κ3) is 2.60. The van der Waals surface area contributed by atoms with Crippen LogP contribution < -0.4 is 0 Å². The number of thioether (sulfide) groups is 1. The van der Waals surface area contributed by atoms with Crippen LogP contribution in [0, 0.1) is 17.3 Å². The standard InChI is InChI=1S/C15H19ClOS/c1-10-8-9-15(3,11(10)2)14(17)18-13-6-4-12(16)5-7-13/h4-7,10-11H,8-9H2,1-3H3/t10-,11?,15-/m0/s1. The molecule has 1 aromatic carbocycles. The fourth-order valence-corrected chi connectivity index (χ4v) is 3.78. The molecule has 3 heteroatoms. The fourth-order valence-electron chi connectivity index (χ4n) is 2.65. The summed E-state index contributed by atoms with van der Waals surface area (Å²) in [7, 11) is 0. The van der Waals surface area contributed by atoms with Crippen LogP contribution in [-0.4, -0.2) is 5.12 Å². The predicted molar refractivity (Wildman–Crippen MR) is 78.0 cm³/mol. The Morgan fingerprint density at radius 2 is 1.94 bits per heavy atom. The molecule has 3 atom stereocenters. The summed E-state index contributed by atoms with van der Waals surface area (Å²) in [5.74, 6) is 1.11. The molecule has 1 fully saturated rings. The smallest absolute Gasteiger partial charge is 0.199 e. The van der Waals surface area contributed by atoms with Crippen LogP contribution in [0.4, 0.5) is 0 Å². The van der Waals surface area contributed by atoms with Crippen LogP contribution >= 0.6 is 23.4 Å². The number of carbonyl (C=O) groups is 1. The molecule has 0 spiro atoms. The first-order chi connectivity index (χ1) is 8.43. The summed E-state index contributed by atoms with van der Waals surface area (Å²) in [5, 5.41) is 1.00. The van der Waals surface area contributed by atoms with E-state index >= 15 is 0 Å². The molecule has 1 aliphatic rings. The van der Waals surface area contributed by atoms with Gasteiger partial charge in [0.25, 0.3) is 0 Å². The van der Waals surface area contributed by atoms with E-state index in [9.17, 15) is 4.79 Å². The van der Waals surface area contributed by atoms with E-state index in [0.717, 1.165) is 17.7 Å². The summed E-state index contributed by atoms with van der Waals surface area (Å²) in [6.45, 7) is 6.57. The number of benzene rings is 1. The van der Waals surface area contributed by atoms with Crippen LogP contribution in [0.1, 0.15) is 33.6 Å². The van der Waals surface area contributed by atoms with Crippen molar-refractivity contribution in [3.8, 4) is 0 Å². The van der Waals surface area contributed by atoms with E-state index in [-0.39, 0.29) is 5.41 Å². The Morgan fingerprint density at radius 3 is 2.44 bits per heavy atom. The Bertz CT molecular complexity index is 442. The molecule has 0 saturated heterocycles. The molecule has 0 aromatic heterocycles. The molecule has 1 aliphatic carbocycles. The third-order valence-corrected chi connectivity index (χ3v) is 5.88. The second kappa shape index (κ2) is 5.26. The number of rotatable bonds is 2. The minimum absolute atomic E-state index is 0.177. The lowest BCUT2D eigenvalue weighted by molar-refractivity contribution is -0.120. The van der Waals surface area contributed by atoms with E-state index in [2.05, 4.69) is 20.8 Å². The molecule has 1 unspecified atom stereocenters. The van der Waals surface area contributed by atoms with Crippen LogP contribution in [0.5, 0.6) is 0 Å². The molecule has 0 aliphatic heterocycles. The summed E-state index contributed by atoms with van der Waals surface area (Å²) >= 11 is 7.21. The lowest BCUT2D eigenvalue weighted by Gasteiger charge is -2.28. The van der Waals surface area contributed by atoms with Crippen molar-refractivity contribution in [2.75, 3.05) is 0 Å². The number of halogens is 1. The molecule has 0 amide bonds. The lowest BCUT2D eigenvalue weighted by Crippen LogP contribution is -2.29. The summed E-state index contributed by atoms with van der Waals surface area (Å²) in [5.41, 5.74) is -0.177. The molecule has 0 N–H and O–H groups in total. The van der Waals surface area contributed by atoms with Crippen LogP contribution in [-0.2, 0) is 4.79 Å². The molecule has 0 heterocycles. The van der Waals surface area contributed by atoms with E-state index in [0.29, 0.717) is 22.0 Å². The number of carbonyl (C=O) groups excluding carboxylic acids is 1. The van der Waals surface area contributed by atoms with Crippen molar-refractivity contribution < 1.29 is 4.79 Å². The SMILES string of the molecule is CC1[C@@H](C)CC[C@]1(C)C(=O)Sc1ccc(Cl)cc1. The van der Waals surface area contributed by atoms with E-state index in [1.807, 2.05) is 24.3 Å². The van der Waals surface area contributed by atoms with Crippen molar-refractivity contribution in [2.24, 2.45) is 17.3 Å². The zero-order chi connectivity index (χ0) is 13.3. The highest BCUT2D eigenvalue weighted by Gasteiger charge is 2.45. The second-order valence-electron chi connectivity index (χ2n) is 5.57. The molecule has 1 nitrogen and oxygen atoms in total. The summed E-state index contributed by atoms with van der Waals surface area (Å²) in [4.78, 5) is 13.5. The normalized spacial score (nSPS) is 31.6. The molecule has 0 radical (unpaired) electrons. The van der Waals surface area contributed by atoms with Crippen molar-refractivity contribution in [1.29, 1.82) is 0 Å². The lowest BCUT2D eigenvalue weighted by atomic mass is 9.80. The van der Waals surface area contributed by atoms with Gasteiger partial charge in [0, 0.05) is 15.3 Å². The van der Waals surface area contributed by atoms with Crippen molar-refractivity contribution in [1.82, 2.24) is 0 Å². The predicted octanol–water partition coefficient (Wildman–Crippen LogP) is 5.03. The van der Waals surface area contributed by atoms with Gasteiger partial charge >= 0.3 is 0 Å². The van der Waals surface area contributed by atoms with Crippen LogP contribution in [0.3, 0.4) is 0 Å². The molecule has 0 bridgehead atoms. The van der Waals surface area contributed by atoms with Crippen molar-refractivity contribution in [3.63, 3.8) is 0 Å². The number of hydrogen-bond acceptors (Lipinski definition) is 2. The van der Waals surface area contributed by atoms with Crippen molar-refractivity contribution in [3.05, 3.63) is 29.3 Å². The zero-order valence-corrected chi connectivity index (χ0v) is 12.6. The molecular formula is C15H19ClOS. The van der Waals surface area contributed by atoms with Gasteiger partial charge in [0.15, 0.2) is 5.12 Å². The van der Waals surface area contributed by atoms with Gasteiger partial charge in [0.1, 0.15) is 0 Å². The van der Waals surface area contributed by atoms with Crippen LogP contribution in [0.15, 0.2) is 29.2 Å². The van der Waals surface area contributed by atoms with Gasteiger partial charge in [-0.05, 0) is 48.9 Å². The minimum atomic E-state index is -0.177. The third-order valence-electron chi connectivity index (χ3n) is 4.47. The average molecular weight is 283 g/mol. The van der Waals surface area contributed by atoms with Crippen LogP contribution in [0.2, 0.25) is 5.02 Å². The molecular weight excluding hydrogens is 264 g/mol. The van der Waals surface area contributed by atoms with Crippen molar-refractivity contribution in [2.45, 2.75) is 38.5 Å². The van der Waals surface area contributed by atoms with Gasteiger partial charge in [-0.2, -0.15) is 0 Å². The maximum Gasteiger partial charge on any atom is 0.199 e. The summed E-state index contributed by atoms with van der Waals surface area (Å²) < 4.78 is 0. The van der Waals surface area contributed by atoms with E-state index in [1.54, 1.807) is 0 Å². The Balaban J connectivity index is 2.10. The van der Waals surface area contributed by atoms with Gasteiger partial charge in [0.05, 0.1) is 0 Å². The maximum atomic E-state index is 12.5. The highest BCUT2D eigenvalue weighted by Crippen LogP contribution is 2.49. The molecule has 1 aromatic rings. The Kier molecular flexibility index (Phi) is 4.08. The van der Waals surface area contributed by atoms with Gasteiger partial charge < -0.3 is 0 Å². The van der Waals surface area contributed by atoms with Gasteiger partial charge in [-0.25, -0.2) is 0 Å². The highest BCUT2D eigenvalue weighted by atomic mass is 35.5. The Morgan fingerprint density at radius 1 is 1.33 bits per heavy atom. The van der Waals surface area contributed by atoms with E-state index in [1.165, 1.54) is 11.8 Å². The summed E-state index contributed by atoms with van der Waals surface area (Å²) in [6, 6.07) is 7.50. The molecule has 98 valence electrons. The first-order valence-electron chi connectivity index (χ1n) is 6.41. The minimum Gasteiger partial charge on any atom is -0.286 e. The van der Waals surface area contributed by atoms with Gasteiger partial charge in [0.2, 0.25) is 0 Å². The highest BCUT2D eigenvalue weighted by molar-refractivity contribution is 8.13. The van der Waals surface area contributed by atoms with E-state index in [4.69, 9.17) is 11.6 Å². The quantitative estimate of drug-likeness (QED) is 0.708. The van der Waals surface area contributed by atoms with Gasteiger partial charge in [-0.1, -0.05) is 44.1 Å². The van der Waals surface area contributed by atoms with Gasteiger partial charge in [-0.15, -0.1) is 0 Å². The van der Waals surface area contributed by atoms with Crippen molar-refractivity contribution >= 4 is 28.5 Å². The Labute approximate surface area is 118 Å². The monoisotopic (exact) mass is 282 g/mol. The first kappa shape index (κ1) is 14.0. The van der Waals surface area contributed by atoms with Crippen LogP contribution in [0.25, 0.3) is 0 Å². The molecule has 18 heavy (non-hydrogen) atoms. The zero-order valence-electron chi connectivity index (χ0n) is 11.1. The van der Waals surface area contributed by atoms with Gasteiger partial charge in [-0.3, -0.25) is 4.79 Å². The topological polar surface area (TPSA) is 17.1 Å². The number of hydrogen-bond donors (Lipinski definition) is 0. The van der Waals surface area contributed by atoms with E-state index < -0.39 is 0 Å². The maximum absolute atomic E-state index is 12.5. The first-order valence-corrected chi connectivity index (χ1v) is 7.61. The second-order valence-corrected chi connectivity index (χ2v) is 7.05. The molecule has 1 saturated carbocycles. The molecule has 2 rings (SSSR count). The fraction of sp³-hybridized carbons (Fsp3) is 0.533. The largest absolute Gasteiger partial charge is 0.286 e. The Hall–Kier alpha value is -0.470. The summed E-state index contributed by atoms with van der Waals surface area (Å²) in [6.07, 6.45) is 2.17. The average Bonchev–Trinajstić information content (AvgIpc) is 2.61.